The van der Waals surface area contributed by atoms with E-state index in [9.17, 15) is 18.9 Å². The third-order valence-corrected chi connectivity index (χ3v) is 2.85. The molecule has 0 amide bonds. The molecule has 0 heterocycles. The van der Waals surface area contributed by atoms with Crippen LogP contribution in [0.2, 0.25) is 0 Å². The Kier molecular flexibility index (Phi) is 3.93. The maximum atomic E-state index is 13.1. The Morgan fingerprint density at radius 3 is 2.35 bits per heavy atom. The minimum absolute atomic E-state index is 0.0376. The molecule has 0 aliphatic rings. The molecule has 0 aromatic heterocycles. The molecule has 2 aromatic rings. The van der Waals surface area contributed by atoms with E-state index >= 15 is 0 Å². The van der Waals surface area contributed by atoms with Crippen LogP contribution >= 0.6 is 0 Å². The lowest BCUT2D eigenvalue weighted by Crippen LogP contribution is -2.09. The van der Waals surface area contributed by atoms with Gasteiger partial charge in [0.15, 0.2) is 0 Å². The summed E-state index contributed by atoms with van der Waals surface area (Å²) in [5.74, 6) is -1.41. The van der Waals surface area contributed by atoms with E-state index in [4.69, 9.17) is 0 Å². The third-order valence-electron chi connectivity index (χ3n) is 2.85. The van der Waals surface area contributed by atoms with Crippen LogP contribution in [-0.4, -0.2) is 4.92 Å². The molecule has 0 radical (unpaired) electrons. The van der Waals surface area contributed by atoms with Gasteiger partial charge in [-0.15, -0.1) is 0 Å². The molecule has 1 N–H and O–H groups in total. The molecule has 4 nitrogen and oxygen atoms in total. The van der Waals surface area contributed by atoms with E-state index in [0.717, 1.165) is 18.2 Å². The fourth-order valence-corrected chi connectivity index (χ4v) is 1.98. The highest BCUT2D eigenvalue weighted by molar-refractivity contribution is 5.50. The molecule has 2 aromatic carbocycles. The highest BCUT2D eigenvalue weighted by atomic mass is 19.1. The van der Waals surface area contributed by atoms with E-state index in [1.54, 1.807) is 25.1 Å². The molecule has 0 aliphatic heterocycles. The van der Waals surface area contributed by atoms with Crippen molar-refractivity contribution in [3.8, 4) is 0 Å². The lowest BCUT2D eigenvalue weighted by molar-refractivity contribution is -0.385. The molecule has 2 rings (SSSR count). The van der Waals surface area contributed by atoms with Gasteiger partial charge in [-0.1, -0.05) is 18.2 Å². The number of rotatable bonds is 4. The highest BCUT2D eigenvalue weighted by Crippen LogP contribution is 2.27. The van der Waals surface area contributed by atoms with Gasteiger partial charge in [-0.25, -0.2) is 8.78 Å². The first-order valence-corrected chi connectivity index (χ1v) is 5.93. The first-order valence-electron chi connectivity index (χ1n) is 5.93. The van der Waals surface area contributed by atoms with Crippen LogP contribution < -0.4 is 5.32 Å². The minimum atomic E-state index is -0.706. The lowest BCUT2D eigenvalue weighted by atomic mass is 10.1. The zero-order valence-electron chi connectivity index (χ0n) is 10.6. The van der Waals surface area contributed by atoms with Gasteiger partial charge in [-0.2, -0.15) is 0 Å². The van der Waals surface area contributed by atoms with Crippen LogP contribution in [0.3, 0.4) is 0 Å². The van der Waals surface area contributed by atoms with Gasteiger partial charge in [-0.3, -0.25) is 10.1 Å². The van der Waals surface area contributed by atoms with E-state index in [1.165, 1.54) is 6.07 Å². The Bertz CT molecular complexity index is 627. The van der Waals surface area contributed by atoms with E-state index in [0.29, 0.717) is 5.56 Å². The fraction of sp³-hybridized carbons (Fsp3) is 0.143. The summed E-state index contributed by atoms with van der Waals surface area (Å²) in [6, 6.07) is 8.80. The van der Waals surface area contributed by atoms with Gasteiger partial charge in [0.25, 0.3) is 5.69 Å². The van der Waals surface area contributed by atoms with Crippen molar-refractivity contribution < 1.29 is 13.7 Å². The first-order chi connectivity index (χ1) is 9.47. The molecule has 1 unspecified atom stereocenters. The van der Waals surface area contributed by atoms with Crippen LogP contribution in [0.25, 0.3) is 0 Å². The van der Waals surface area contributed by atoms with Gasteiger partial charge in [0, 0.05) is 17.8 Å². The zero-order chi connectivity index (χ0) is 14.7. The molecule has 0 fully saturated rings. The van der Waals surface area contributed by atoms with Gasteiger partial charge in [0.2, 0.25) is 0 Å². The minimum Gasteiger partial charge on any atom is -0.378 e. The maximum Gasteiger partial charge on any atom is 0.274 e. The lowest BCUT2D eigenvalue weighted by Gasteiger charge is -2.15. The highest BCUT2D eigenvalue weighted by Gasteiger charge is 2.18. The van der Waals surface area contributed by atoms with E-state index in [2.05, 4.69) is 5.32 Å². The number of nitro benzene ring substituents is 1. The van der Waals surface area contributed by atoms with Crippen molar-refractivity contribution in [3.05, 3.63) is 69.8 Å². The fourth-order valence-electron chi connectivity index (χ4n) is 1.98. The summed E-state index contributed by atoms with van der Waals surface area (Å²) < 4.78 is 26.2. The standard InChI is InChI=1S/C14H12F2N2O2/c1-9(13-4-2-3-5-14(13)18(19)20)17-12-7-10(15)6-11(16)8-12/h2-9,17H,1H3. The summed E-state index contributed by atoms with van der Waals surface area (Å²) in [5, 5.41) is 13.8. The summed E-state index contributed by atoms with van der Waals surface area (Å²) >= 11 is 0. The Hall–Kier alpha value is -2.50. The van der Waals surface area contributed by atoms with Crippen molar-refractivity contribution in [1.29, 1.82) is 0 Å². The Morgan fingerprint density at radius 1 is 1.15 bits per heavy atom. The largest absolute Gasteiger partial charge is 0.378 e. The number of hydrogen-bond acceptors (Lipinski definition) is 3. The van der Waals surface area contributed by atoms with Crippen molar-refractivity contribution in [3.63, 3.8) is 0 Å². The van der Waals surface area contributed by atoms with Crippen LogP contribution in [-0.2, 0) is 0 Å². The SMILES string of the molecule is CC(Nc1cc(F)cc(F)c1)c1ccccc1[N+](=O)[O-]. The van der Waals surface area contributed by atoms with Crippen LogP contribution in [0.4, 0.5) is 20.2 Å². The molecule has 20 heavy (non-hydrogen) atoms. The number of nitro groups is 1. The Labute approximate surface area is 114 Å². The molecule has 0 saturated heterocycles. The second-order valence-corrected chi connectivity index (χ2v) is 4.34. The van der Waals surface area contributed by atoms with E-state index in [-0.39, 0.29) is 11.4 Å². The van der Waals surface area contributed by atoms with Gasteiger partial charge in [0.05, 0.1) is 16.5 Å². The number of nitrogens with one attached hydrogen (secondary N) is 1. The van der Waals surface area contributed by atoms with Crippen molar-refractivity contribution >= 4 is 11.4 Å². The third kappa shape index (κ3) is 3.09. The topological polar surface area (TPSA) is 55.2 Å². The van der Waals surface area contributed by atoms with Crippen LogP contribution in [0.15, 0.2) is 42.5 Å². The summed E-state index contributed by atoms with van der Waals surface area (Å²) in [6.07, 6.45) is 0. The molecule has 0 aliphatic carbocycles. The number of halogens is 2. The maximum absolute atomic E-state index is 13.1. The van der Waals surface area contributed by atoms with Gasteiger partial charge in [0.1, 0.15) is 11.6 Å². The summed E-state index contributed by atoms with van der Waals surface area (Å²) in [7, 11) is 0. The summed E-state index contributed by atoms with van der Waals surface area (Å²) in [4.78, 5) is 10.5. The van der Waals surface area contributed by atoms with Crippen molar-refractivity contribution in [2.24, 2.45) is 0 Å². The van der Waals surface area contributed by atoms with E-state index < -0.39 is 22.6 Å². The molecular weight excluding hydrogens is 266 g/mol. The Morgan fingerprint density at radius 2 is 1.75 bits per heavy atom. The second-order valence-electron chi connectivity index (χ2n) is 4.34. The summed E-state index contributed by atoms with van der Waals surface area (Å²) in [6.45, 7) is 1.69. The molecular formula is C14H12F2N2O2. The molecule has 0 spiro atoms. The second kappa shape index (κ2) is 5.64. The molecule has 0 bridgehead atoms. The number of hydrogen-bond donors (Lipinski definition) is 1. The van der Waals surface area contributed by atoms with Gasteiger partial charge in [-0.05, 0) is 19.1 Å². The molecule has 104 valence electrons. The summed E-state index contributed by atoms with van der Waals surface area (Å²) in [5.41, 5.74) is 0.639. The van der Waals surface area contributed by atoms with E-state index in [1.807, 2.05) is 0 Å². The van der Waals surface area contributed by atoms with Gasteiger partial charge < -0.3 is 5.32 Å². The normalized spacial score (nSPS) is 11.9. The number of para-hydroxylation sites is 1. The van der Waals surface area contributed by atoms with Crippen molar-refractivity contribution in [1.82, 2.24) is 0 Å². The average Bonchev–Trinajstić information content (AvgIpc) is 2.37. The molecule has 1 atom stereocenters. The van der Waals surface area contributed by atoms with Crippen molar-refractivity contribution in [2.75, 3.05) is 5.32 Å². The van der Waals surface area contributed by atoms with Crippen LogP contribution in [0.5, 0.6) is 0 Å². The smallest absolute Gasteiger partial charge is 0.274 e. The average molecular weight is 278 g/mol. The quantitative estimate of drug-likeness (QED) is 0.678. The number of nitrogens with zero attached hydrogens (tertiary/aromatic N) is 1. The molecule has 0 saturated carbocycles. The molecule has 6 heteroatoms. The zero-order valence-corrected chi connectivity index (χ0v) is 10.6. The van der Waals surface area contributed by atoms with Crippen LogP contribution in [0, 0.1) is 21.7 Å². The van der Waals surface area contributed by atoms with Crippen molar-refractivity contribution in [2.45, 2.75) is 13.0 Å². The van der Waals surface area contributed by atoms with Gasteiger partial charge >= 0.3 is 0 Å². The predicted molar refractivity (Wildman–Crippen MR) is 71.5 cm³/mol. The Balaban J connectivity index is 2.28. The van der Waals surface area contributed by atoms with Crippen LogP contribution in [0.1, 0.15) is 18.5 Å². The first kappa shape index (κ1) is 13.9. The number of anilines is 1. The monoisotopic (exact) mass is 278 g/mol. The number of benzene rings is 2. The predicted octanol–water partition coefficient (Wildman–Crippen LogP) is 4.05.